The first-order chi connectivity index (χ1) is 5.99. The third-order valence-corrected chi connectivity index (χ3v) is 2.11. The molecule has 79 valence electrons. The molecule has 13 heavy (non-hydrogen) atoms. The van der Waals surface area contributed by atoms with E-state index < -0.39 is 0 Å². The van der Waals surface area contributed by atoms with Crippen molar-refractivity contribution in [2.24, 2.45) is 0 Å². The maximum Gasteiger partial charge on any atom is 0.0558 e. The van der Waals surface area contributed by atoms with Crippen LogP contribution in [0.4, 0.5) is 0 Å². The average molecular weight is 187 g/mol. The van der Waals surface area contributed by atoms with Crippen molar-refractivity contribution >= 4 is 0 Å². The number of aliphatic hydroxyl groups excluding tert-OH is 1. The zero-order valence-corrected chi connectivity index (χ0v) is 9.32. The largest absolute Gasteiger partial charge is 0.395 e. The smallest absolute Gasteiger partial charge is 0.0558 e. The quantitative estimate of drug-likeness (QED) is 0.632. The molecular weight excluding hydrogens is 164 g/mol. The molecule has 0 aromatic carbocycles. The molecule has 0 bridgehead atoms. The highest BCUT2D eigenvalue weighted by atomic mass is 16.3. The third-order valence-electron chi connectivity index (χ3n) is 2.11. The normalized spacial score (nSPS) is 12.5. The first-order valence-electron chi connectivity index (χ1n) is 4.91. The van der Waals surface area contributed by atoms with Gasteiger partial charge in [0.2, 0.25) is 0 Å². The second kappa shape index (κ2) is 6.35. The fourth-order valence-electron chi connectivity index (χ4n) is 1.37. The fourth-order valence-corrected chi connectivity index (χ4v) is 1.37. The Balaban J connectivity index is 3.94. The van der Waals surface area contributed by atoms with Crippen LogP contribution in [-0.2, 0) is 0 Å². The molecule has 0 saturated carbocycles. The van der Waals surface area contributed by atoms with Gasteiger partial charge in [-0.1, -0.05) is 0 Å². The molecule has 0 atom stereocenters. The van der Waals surface area contributed by atoms with Crippen molar-refractivity contribution in [3.63, 3.8) is 0 Å². The molecule has 0 aliphatic rings. The fraction of sp³-hybridized carbons (Fsp3) is 0.900. The summed E-state index contributed by atoms with van der Waals surface area (Å²) in [6.45, 7) is 10.3. The first kappa shape index (κ1) is 12.9. The Bertz CT molecular complexity index is 118. The van der Waals surface area contributed by atoms with E-state index in [2.05, 4.69) is 39.6 Å². The van der Waals surface area contributed by atoms with Gasteiger partial charge in [-0.3, -0.25) is 9.80 Å². The van der Waals surface area contributed by atoms with Gasteiger partial charge in [-0.05, 0) is 27.7 Å². The SMILES string of the molecule is [CH2]N(CCO)CN(C(C)C)C(C)C. The predicted molar refractivity (Wildman–Crippen MR) is 56.1 cm³/mol. The highest BCUT2D eigenvalue weighted by Gasteiger charge is 2.14. The molecule has 0 aliphatic heterocycles. The summed E-state index contributed by atoms with van der Waals surface area (Å²) in [5, 5.41) is 8.73. The number of hydrogen-bond acceptors (Lipinski definition) is 3. The topological polar surface area (TPSA) is 26.7 Å². The van der Waals surface area contributed by atoms with Crippen molar-refractivity contribution in [1.29, 1.82) is 0 Å². The lowest BCUT2D eigenvalue weighted by molar-refractivity contribution is 0.0920. The van der Waals surface area contributed by atoms with Crippen LogP contribution in [0, 0.1) is 7.05 Å². The second-order valence-corrected chi connectivity index (χ2v) is 3.96. The monoisotopic (exact) mass is 187 g/mol. The molecule has 0 fully saturated rings. The average Bonchev–Trinajstić information content (AvgIpc) is 1.99. The van der Waals surface area contributed by atoms with E-state index in [0.717, 1.165) is 6.67 Å². The Morgan fingerprint density at radius 2 is 1.62 bits per heavy atom. The number of nitrogens with zero attached hydrogens (tertiary/aromatic N) is 2. The van der Waals surface area contributed by atoms with Gasteiger partial charge in [-0.2, -0.15) is 0 Å². The molecule has 0 saturated heterocycles. The van der Waals surface area contributed by atoms with Gasteiger partial charge in [-0.15, -0.1) is 0 Å². The minimum atomic E-state index is 0.174. The predicted octanol–water partition coefficient (Wildman–Crippen LogP) is 1.15. The van der Waals surface area contributed by atoms with Crippen LogP contribution in [0.15, 0.2) is 0 Å². The Morgan fingerprint density at radius 1 is 1.15 bits per heavy atom. The second-order valence-electron chi connectivity index (χ2n) is 3.96. The number of aliphatic hydroxyl groups is 1. The Kier molecular flexibility index (Phi) is 6.29. The summed E-state index contributed by atoms with van der Waals surface area (Å²) in [6.07, 6.45) is 0. The lowest BCUT2D eigenvalue weighted by atomic mass is 10.2. The Labute approximate surface area is 82.3 Å². The Morgan fingerprint density at radius 3 is 1.92 bits per heavy atom. The van der Waals surface area contributed by atoms with Crippen molar-refractivity contribution in [1.82, 2.24) is 9.80 Å². The summed E-state index contributed by atoms with van der Waals surface area (Å²) >= 11 is 0. The summed E-state index contributed by atoms with van der Waals surface area (Å²) in [5.74, 6) is 0. The number of hydrogen-bond donors (Lipinski definition) is 1. The zero-order valence-electron chi connectivity index (χ0n) is 9.32. The van der Waals surface area contributed by atoms with Crippen LogP contribution in [0.25, 0.3) is 0 Å². The van der Waals surface area contributed by atoms with E-state index in [-0.39, 0.29) is 6.61 Å². The first-order valence-corrected chi connectivity index (χ1v) is 4.91. The molecule has 0 spiro atoms. The zero-order chi connectivity index (χ0) is 10.4. The maximum absolute atomic E-state index is 8.73. The van der Waals surface area contributed by atoms with Crippen LogP contribution < -0.4 is 0 Å². The molecule has 0 aromatic heterocycles. The van der Waals surface area contributed by atoms with Gasteiger partial charge in [0.05, 0.1) is 13.3 Å². The van der Waals surface area contributed by atoms with E-state index in [0.29, 0.717) is 18.6 Å². The van der Waals surface area contributed by atoms with Crippen LogP contribution in [0.2, 0.25) is 0 Å². The standard InChI is InChI=1S/C10H23N2O/c1-9(2)12(10(3)4)8-11(5)6-7-13/h9-10,13H,5-8H2,1-4H3. The van der Waals surface area contributed by atoms with E-state index in [9.17, 15) is 0 Å². The summed E-state index contributed by atoms with van der Waals surface area (Å²) in [7, 11) is 3.86. The van der Waals surface area contributed by atoms with Crippen LogP contribution in [0.1, 0.15) is 27.7 Å². The Hall–Kier alpha value is -0.120. The van der Waals surface area contributed by atoms with Crippen molar-refractivity contribution in [2.75, 3.05) is 19.8 Å². The molecule has 0 unspecified atom stereocenters. The lowest BCUT2D eigenvalue weighted by Crippen LogP contribution is -2.44. The van der Waals surface area contributed by atoms with Gasteiger partial charge in [0.15, 0.2) is 0 Å². The number of rotatable bonds is 6. The van der Waals surface area contributed by atoms with Crippen molar-refractivity contribution in [2.45, 2.75) is 39.8 Å². The molecule has 0 rings (SSSR count). The van der Waals surface area contributed by atoms with E-state index in [1.807, 2.05) is 4.90 Å². The molecule has 1 N–H and O–H groups in total. The van der Waals surface area contributed by atoms with Gasteiger partial charge in [-0.25, -0.2) is 0 Å². The molecule has 0 aliphatic carbocycles. The minimum Gasteiger partial charge on any atom is -0.395 e. The summed E-state index contributed by atoms with van der Waals surface area (Å²) in [4.78, 5) is 4.22. The summed E-state index contributed by atoms with van der Waals surface area (Å²) < 4.78 is 0. The van der Waals surface area contributed by atoms with Crippen LogP contribution in [0.3, 0.4) is 0 Å². The van der Waals surface area contributed by atoms with Crippen LogP contribution >= 0.6 is 0 Å². The molecule has 0 aromatic rings. The molecular formula is C10H23N2O. The van der Waals surface area contributed by atoms with E-state index >= 15 is 0 Å². The summed E-state index contributed by atoms with van der Waals surface area (Å²) in [5.41, 5.74) is 0. The highest BCUT2D eigenvalue weighted by Crippen LogP contribution is 2.05. The van der Waals surface area contributed by atoms with Gasteiger partial charge >= 0.3 is 0 Å². The molecule has 0 amide bonds. The maximum atomic E-state index is 8.73. The van der Waals surface area contributed by atoms with E-state index in [4.69, 9.17) is 5.11 Å². The van der Waals surface area contributed by atoms with Crippen LogP contribution in [0.5, 0.6) is 0 Å². The van der Waals surface area contributed by atoms with Gasteiger partial charge in [0, 0.05) is 25.7 Å². The van der Waals surface area contributed by atoms with E-state index in [1.54, 1.807) is 0 Å². The lowest BCUT2D eigenvalue weighted by Gasteiger charge is -2.33. The van der Waals surface area contributed by atoms with Gasteiger partial charge < -0.3 is 5.11 Å². The minimum absolute atomic E-state index is 0.174. The van der Waals surface area contributed by atoms with Crippen molar-refractivity contribution < 1.29 is 5.11 Å². The molecule has 0 heterocycles. The van der Waals surface area contributed by atoms with Gasteiger partial charge in [0.1, 0.15) is 0 Å². The van der Waals surface area contributed by atoms with Crippen molar-refractivity contribution in [3.05, 3.63) is 7.05 Å². The van der Waals surface area contributed by atoms with Gasteiger partial charge in [0.25, 0.3) is 0 Å². The highest BCUT2D eigenvalue weighted by molar-refractivity contribution is 4.67. The van der Waals surface area contributed by atoms with Crippen LogP contribution in [-0.4, -0.2) is 46.8 Å². The molecule has 3 heteroatoms. The molecule has 3 nitrogen and oxygen atoms in total. The third kappa shape index (κ3) is 5.24. The summed E-state index contributed by atoms with van der Waals surface area (Å²) in [6, 6.07) is 1.03. The van der Waals surface area contributed by atoms with E-state index in [1.165, 1.54) is 0 Å². The van der Waals surface area contributed by atoms with Crippen molar-refractivity contribution in [3.8, 4) is 0 Å². The molecule has 1 radical (unpaired) electrons.